The summed E-state index contributed by atoms with van der Waals surface area (Å²) >= 11 is 0. The molecule has 4 heterocycles. The maximum atomic E-state index is 4.41. The first-order valence-corrected chi connectivity index (χ1v) is 8.48. The van der Waals surface area contributed by atoms with Crippen molar-refractivity contribution in [1.82, 2.24) is 29.9 Å². The summed E-state index contributed by atoms with van der Waals surface area (Å²) in [6.45, 7) is 5.70. The second kappa shape index (κ2) is 6.84. The van der Waals surface area contributed by atoms with Crippen LogP contribution in [0.5, 0.6) is 0 Å². The maximum absolute atomic E-state index is 4.41. The second-order valence-electron chi connectivity index (χ2n) is 5.90. The molecular formula is C17H20N8. The van der Waals surface area contributed by atoms with E-state index in [1.165, 1.54) is 0 Å². The predicted octanol–water partition coefficient (Wildman–Crippen LogP) is 1.34. The van der Waals surface area contributed by atoms with Crippen LogP contribution in [0.3, 0.4) is 0 Å². The molecule has 0 amide bonds. The SMILES string of the molecule is CCc1cc(N2CCN(c3ccc(-n4cccn4)nn3)CC2)ncn1. The van der Waals surface area contributed by atoms with Crippen molar-refractivity contribution in [2.45, 2.75) is 13.3 Å². The van der Waals surface area contributed by atoms with Gasteiger partial charge in [-0.1, -0.05) is 6.92 Å². The van der Waals surface area contributed by atoms with Gasteiger partial charge in [0, 0.05) is 50.3 Å². The Labute approximate surface area is 146 Å². The highest BCUT2D eigenvalue weighted by Crippen LogP contribution is 2.18. The molecule has 8 heteroatoms. The van der Waals surface area contributed by atoms with Crippen LogP contribution in [0.1, 0.15) is 12.6 Å². The number of aryl methyl sites for hydroxylation is 1. The fourth-order valence-electron chi connectivity index (χ4n) is 2.93. The van der Waals surface area contributed by atoms with Crippen molar-refractivity contribution < 1.29 is 0 Å². The molecule has 0 radical (unpaired) electrons. The van der Waals surface area contributed by atoms with Gasteiger partial charge in [-0.15, -0.1) is 10.2 Å². The van der Waals surface area contributed by atoms with Gasteiger partial charge in [-0.2, -0.15) is 5.10 Å². The van der Waals surface area contributed by atoms with E-state index in [1.807, 2.05) is 24.4 Å². The standard InChI is InChI=1S/C17H20N8/c1-2-14-12-17(19-13-18-14)24-10-8-23(9-11-24)15-4-5-16(22-21-15)25-7-3-6-20-25/h3-7,12-13H,2,8-11H2,1H3. The van der Waals surface area contributed by atoms with Crippen molar-refractivity contribution in [3.63, 3.8) is 0 Å². The number of hydrogen-bond donors (Lipinski definition) is 0. The molecule has 3 aromatic heterocycles. The molecule has 0 aromatic carbocycles. The quantitative estimate of drug-likeness (QED) is 0.711. The summed E-state index contributed by atoms with van der Waals surface area (Å²) in [6.07, 6.45) is 6.16. The lowest BCUT2D eigenvalue weighted by Gasteiger charge is -2.35. The fourth-order valence-corrected chi connectivity index (χ4v) is 2.93. The van der Waals surface area contributed by atoms with Crippen LogP contribution in [-0.4, -0.2) is 56.1 Å². The van der Waals surface area contributed by atoms with E-state index in [0.717, 1.165) is 55.7 Å². The average molecular weight is 336 g/mol. The first kappa shape index (κ1) is 15.5. The van der Waals surface area contributed by atoms with E-state index in [2.05, 4.69) is 48.1 Å². The van der Waals surface area contributed by atoms with Crippen LogP contribution >= 0.6 is 0 Å². The summed E-state index contributed by atoms with van der Waals surface area (Å²) < 4.78 is 1.70. The number of piperazine rings is 1. The molecule has 1 fully saturated rings. The average Bonchev–Trinajstić information content (AvgIpc) is 3.23. The zero-order valence-electron chi connectivity index (χ0n) is 14.2. The van der Waals surface area contributed by atoms with E-state index < -0.39 is 0 Å². The molecule has 0 aliphatic carbocycles. The minimum atomic E-state index is 0.723. The van der Waals surface area contributed by atoms with Crippen LogP contribution in [0.4, 0.5) is 11.6 Å². The molecule has 1 saturated heterocycles. The molecule has 8 nitrogen and oxygen atoms in total. The highest BCUT2D eigenvalue weighted by atomic mass is 15.4. The third kappa shape index (κ3) is 3.28. The lowest BCUT2D eigenvalue weighted by atomic mass is 10.2. The molecule has 4 rings (SSSR count). The highest BCUT2D eigenvalue weighted by Gasteiger charge is 2.19. The smallest absolute Gasteiger partial charge is 0.175 e. The van der Waals surface area contributed by atoms with Crippen LogP contribution in [0.2, 0.25) is 0 Å². The third-order valence-electron chi connectivity index (χ3n) is 4.37. The van der Waals surface area contributed by atoms with E-state index in [1.54, 1.807) is 17.2 Å². The Kier molecular flexibility index (Phi) is 4.24. The number of rotatable bonds is 4. The van der Waals surface area contributed by atoms with Crippen molar-refractivity contribution >= 4 is 11.6 Å². The molecule has 0 N–H and O–H groups in total. The van der Waals surface area contributed by atoms with Crippen molar-refractivity contribution in [3.05, 3.63) is 48.7 Å². The first-order chi connectivity index (χ1) is 12.3. The molecule has 1 aliphatic rings. The summed E-state index contributed by atoms with van der Waals surface area (Å²) in [5.41, 5.74) is 1.08. The Morgan fingerprint density at radius 2 is 1.64 bits per heavy atom. The molecular weight excluding hydrogens is 316 g/mol. The molecule has 3 aromatic rings. The molecule has 25 heavy (non-hydrogen) atoms. The van der Waals surface area contributed by atoms with Gasteiger partial charge in [0.25, 0.3) is 0 Å². The van der Waals surface area contributed by atoms with Crippen LogP contribution in [-0.2, 0) is 6.42 Å². The van der Waals surface area contributed by atoms with E-state index in [4.69, 9.17) is 0 Å². The normalized spacial score (nSPS) is 14.8. The monoisotopic (exact) mass is 336 g/mol. The Hall–Kier alpha value is -3.03. The predicted molar refractivity (Wildman–Crippen MR) is 95.0 cm³/mol. The van der Waals surface area contributed by atoms with Crippen molar-refractivity contribution in [2.24, 2.45) is 0 Å². The topological polar surface area (TPSA) is 75.9 Å². The minimum Gasteiger partial charge on any atom is -0.353 e. The molecule has 0 atom stereocenters. The van der Waals surface area contributed by atoms with Gasteiger partial charge in [0.2, 0.25) is 0 Å². The Morgan fingerprint density at radius 3 is 2.28 bits per heavy atom. The summed E-state index contributed by atoms with van der Waals surface area (Å²) in [7, 11) is 0. The van der Waals surface area contributed by atoms with E-state index >= 15 is 0 Å². The number of aromatic nitrogens is 6. The molecule has 128 valence electrons. The zero-order chi connectivity index (χ0) is 17.1. The van der Waals surface area contributed by atoms with E-state index in [0.29, 0.717) is 0 Å². The van der Waals surface area contributed by atoms with E-state index in [-0.39, 0.29) is 0 Å². The third-order valence-corrected chi connectivity index (χ3v) is 4.37. The highest BCUT2D eigenvalue weighted by molar-refractivity contribution is 5.45. The maximum Gasteiger partial charge on any atom is 0.175 e. The van der Waals surface area contributed by atoms with E-state index in [9.17, 15) is 0 Å². The van der Waals surface area contributed by atoms with Crippen molar-refractivity contribution in [3.8, 4) is 5.82 Å². The fraction of sp³-hybridized carbons (Fsp3) is 0.353. The van der Waals surface area contributed by atoms with Gasteiger partial charge in [-0.3, -0.25) is 0 Å². The lowest BCUT2D eigenvalue weighted by Crippen LogP contribution is -2.47. The molecule has 0 unspecified atom stereocenters. The molecule has 0 bridgehead atoms. The van der Waals surface area contributed by atoms with Gasteiger partial charge in [0.05, 0.1) is 0 Å². The van der Waals surface area contributed by atoms with Crippen LogP contribution in [0.15, 0.2) is 43.0 Å². The van der Waals surface area contributed by atoms with Crippen molar-refractivity contribution in [2.75, 3.05) is 36.0 Å². The Balaban J connectivity index is 1.41. The summed E-state index contributed by atoms with van der Waals surface area (Å²) in [4.78, 5) is 13.2. The van der Waals surface area contributed by atoms with Crippen LogP contribution < -0.4 is 9.80 Å². The largest absolute Gasteiger partial charge is 0.353 e. The van der Waals surface area contributed by atoms with Crippen LogP contribution in [0, 0.1) is 0 Å². The molecule has 0 spiro atoms. The number of anilines is 2. The Morgan fingerprint density at radius 1 is 0.920 bits per heavy atom. The summed E-state index contributed by atoms with van der Waals surface area (Å²) in [5.74, 6) is 2.62. The zero-order valence-corrected chi connectivity index (χ0v) is 14.2. The van der Waals surface area contributed by atoms with Crippen molar-refractivity contribution in [1.29, 1.82) is 0 Å². The summed E-state index contributed by atoms with van der Waals surface area (Å²) in [6, 6.07) is 7.89. The van der Waals surface area contributed by atoms with Gasteiger partial charge < -0.3 is 9.80 Å². The number of nitrogens with zero attached hydrogens (tertiary/aromatic N) is 8. The van der Waals surface area contributed by atoms with Gasteiger partial charge in [0.15, 0.2) is 11.6 Å². The van der Waals surface area contributed by atoms with Gasteiger partial charge in [-0.25, -0.2) is 14.6 Å². The minimum absolute atomic E-state index is 0.723. The van der Waals surface area contributed by atoms with Gasteiger partial charge in [0.1, 0.15) is 12.1 Å². The van der Waals surface area contributed by atoms with Gasteiger partial charge in [-0.05, 0) is 24.6 Å². The molecule has 1 aliphatic heterocycles. The summed E-state index contributed by atoms with van der Waals surface area (Å²) in [5, 5.41) is 12.8. The molecule has 0 saturated carbocycles. The number of hydrogen-bond acceptors (Lipinski definition) is 7. The lowest BCUT2D eigenvalue weighted by molar-refractivity contribution is 0.635. The second-order valence-corrected chi connectivity index (χ2v) is 5.90. The van der Waals surface area contributed by atoms with Crippen LogP contribution in [0.25, 0.3) is 5.82 Å². The Bertz CT molecular complexity index is 807. The first-order valence-electron chi connectivity index (χ1n) is 8.48. The van der Waals surface area contributed by atoms with Gasteiger partial charge >= 0.3 is 0 Å².